The fraction of sp³-hybridized carbons (Fsp3) is 0.727. The quantitative estimate of drug-likeness (QED) is 0.648. The standard InChI is InChI=1S/C11H20N2O5/c1-4-8(6-9(14)15)12-11(17)13(3)7-10(16)18-5-2/h8H,4-7H2,1-3H3,(H,12,17)(H,14,15). The van der Waals surface area contributed by atoms with Gasteiger partial charge >= 0.3 is 18.0 Å². The number of aliphatic carboxylic acids is 1. The summed E-state index contributed by atoms with van der Waals surface area (Å²) >= 11 is 0. The van der Waals surface area contributed by atoms with Gasteiger partial charge in [0.25, 0.3) is 0 Å². The van der Waals surface area contributed by atoms with Gasteiger partial charge in [0.1, 0.15) is 6.54 Å². The molecule has 1 atom stereocenters. The smallest absolute Gasteiger partial charge is 0.325 e. The SMILES string of the molecule is CCOC(=O)CN(C)C(=O)NC(CC)CC(=O)O. The first-order valence-electron chi connectivity index (χ1n) is 5.79. The summed E-state index contributed by atoms with van der Waals surface area (Å²) in [5.41, 5.74) is 0. The Bertz CT molecular complexity index is 306. The van der Waals surface area contributed by atoms with Gasteiger partial charge in [-0.1, -0.05) is 6.92 Å². The molecule has 0 heterocycles. The first-order chi connectivity index (χ1) is 8.40. The summed E-state index contributed by atoms with van der Waals surface area (Å²) in [5, 5.41) is 11.2. The third kappa shape index (κ3) is 6.72. The molecule has 18 heavy (non-hydrogen) atoms. The molecule has 7 heteroatoms. The van der Waals surface area contributed by atoms with Gasteiger partial charge in [-0.25, -0.2) is 4.79 Å². The van der Waals surface area contributed by atoms with Gasteiger partial charge in [0.05, 0.1) is 13.0 Å². The number of ether oxygens (including phenoxy) is 1. The highest BCUT2D eigenvalue weighted by Crippen LogP contribution is 1.99. The van der Waals surface area contributed by atoms with Crippen molar-refractivity contribution in [2.75, 3.05) is 20.2 Å². The Labute approximate surface area is 106 Å². The highest BCUT2D eigenvalue weighted by atomic mass is 16.5. The maximum absolute atomic E-state index is 11.6. The van der Waals surface area contributed by atoms with Gasteiger partial charge in [0.2, 0.25) is 0 Å². The summed E-state index contributed by atoms with van der Waals surface area (Å²) in [6.07, 6.45) is 0.362. The Morgan fingerprint density at radius 1 is 1.33 bits per heavy atom. The van der Waals surface area contributed by atoms with Crippen LogP contribution in [0.4, 0.5) is 4.79 Å². The molecule has 104 valence electrons. The Hall–Kier alpha value is -1.79. The van der Waals surface area contributed by atoms with Crippen molar-refractivity contribution in [3.8, 4) is 0 Å². The van der Waals surface area contributed by atoms with Crippen LogP contribution in [0.1, 0.15) is 26.7 Å². The van der Waals surface area contributed by atoms with Crippen LogP contribution in [0.15, 0.2) is 0 Å². The second-order valence-corrected chi connectivity index (χ2v) is 3.81. The predicted octanol–water partition coefficient (Wildman–Crippen LogP) is 0.444. The van der Waals surface area contributed by atoms with Gasteiger partial charge in [-0.3, -0.25) is 9.59 Å². The van der Waals surface area contributed by atoms with E-state index in [1.807, 2.05) is 0 Å². The van der Waals surface area contributed by atoms with Gasteiger partial charge in [0, 0.05) is 13.1 Å². The molecule has 0 aromatic carbocycles. The lowest BCUT2D eigenvalue weighted by Crippen LogP contribution is -2.45. The summed E-state index contributed by atoms with van der Waals surface area (Å²) < 4.78 is 4.70. The van der Waals surface area contributed by atoms with Crippen molar-refractivity contribution in [1.82, 2.24) is 10.2 Å². The molecule has 2 amide bonds. The maximum atomic E-state index is 11.6. The zero-order valence-corrected chi connectivity index (χ0v) is 10.9. The minimum Gasteiger partial charge on any atom is -0.481 e. The molecule has 0 bridgehead atoms. The summed E-state index contributed by atoms with van der Waals surface area (Å²) in [7, 11) is 1.44. The number of carboxylic acid groups (broad SMARTS) is 1. The lowest BCUT2D eigenvalue weighted by molar-refractivity contribution is -0.143. The maximum Gasteiger partial charge on any atom is 0.325 e. The minimum absolute atomic E-state index is 0.143. The van der Waals surface area contributed by atoms with Crippen LogP contribution < -0.4 is 5.32 Å². The monoisotopic (exact) mass is 260 g/mol. The number of urea groups is 1. The van der Waals surface area contributed by atoms with E-state index in [0.29, 0.717) is 6.42 Å². The largest absolute Gasteiger partial charge is 0.481 e. The molecule has 0 aliphatic rings. The highest BCUT2D eigenvalue weighted by Gasteiger charge is 2.18. The molecule has 0 aromatic heterocycles. The Kier molecular flexibility index (Phi) is 7.50. The minimum atomic E-state index is -0.977. The molecule has 1 unspecified atom stereocenters. The Morgan fingerprint density at radius 3 is 2.39 bits per heavy atom. The number of hydrogen-bond acceptors (Lipinski definition) is 4. The lowest BCUT2D eigenvalue weighted by Gasteiger charge is -2.21. The number of rotatable bonds is 7. The van der Waals surface area contributed by atoms with Gasteiger partial charge in [-0.2, -0.15) is 0 Å². The summed E-state index contributed by atoms with van der Waals surface area (Å²) in [6.45, 7) is 3.55. The normalized spacial score (nSPS) is 11.5. The first kappa shape index (κ1) is 16.2. The number of nitrogens with zero attached hydrogens (tertiary/aromatic N) is 1. The summed E-state index contributed by atoms with van der Waals surface area (Å²) in [5.74, 6) is -1.48. The second kappa shape index (κ2) is 8.32. The van der Waals surface area contributed by atoms with Crippen LogP contribution in [0.25, 0.3) is 0 Å². The van der Waals surface area contributed by atoms with Crippen molar-refractivity contribution in [3.63, 3.8) is 0 Å². The van der Waals surface area contributed by atoms with Crippen molar-refractivity contribution in [3.05, 3.63) is 0 Å². The van der Waals surface area contributed by atoms with Crippen molar-refractivity contribution in [1.29, 1.82) is 0 Å². The zero-order valence-electron chi connectivity index (χ0n) is 10.9. The molecule has 0 radical (unpaired) electrons. The number of nitrogens with one attached hydrogen (secondary N) is 1. The van der Waals surface area contributed by atoms with Gasteiger partial charge < -0.3 is 20.1 Å². The molecule has 0 aliphatic carbocycles. The van der Waals surface area contributed by atoms with Crippen molar-refractivity contribution in [2.24, 2.45) is 0 Å². The van der Waals surface area contributed by atoms with Gasteiger partial charge in [-0.05, 0) is 13.3 Å². The zero-order chi connectivity index (χ0) is 14.1. The molecule has 0 fully saturated rings. The van der Waals surface area contributed by atoms with E-state index in [1.54, 1.807) is 13.8 Å². The van der Waals surface area contributed by atoms with Crippen molar-refractivity contribution >= 4 is 18.0 Å². The number of carboxylic acids is 1. The van der Waals surface area contributed by atoms with Gasteiger partial charge in [-0.15, -0.1) is 0 Å². The molecule has 0 aliphatic heterocycles. The van der Waals surface area contributed by atoms with Crippen LogP contribution in [-0.2, 0) is 14.3 Å². The van der Waals surface area contributed by atoms with E-state index >= 15 is 0 Å². The average molecular weight is 260 g/mol. The Balaban J connectivity index is 4.20. The molecular formula is C11H20N2O5. The predicted molar refractivity (Wildman–Crippen MR) is 64.1 cm³/mol. The van der Waals surface area contributed by atoms with Crippen LogP contribution >= 0.6 is 0 Å². The Morgan fingerprint density at radius 2 is 1.94 bits per heavy atom. The molecule has 0 rings (SSSR count). The van der Waals surface area contributed by atoms with E-state index < -0.39 is 24.0 Å². The number of hydrogen-bond donors (Lipinski definition) is 2. The number of carbonyl (C=O) groups excluding carboxylic acids is 2. The average Bonchev–Trinajstić information content (AvgIpc) is 2.27. The first-order valence-corrected chi connectivity index (χ1v) is 5.79. The van der Waals surface area contributed by atoms with Crippen LogP contribution in [-0.4, -0.2) is 54.2 Å². The van der Waals surface area contributed by atoms with Crippen LogP contribution in [0, 0.1) is 0 Å². The van der Waals surface area contributed by atoms with Crippen LogP contribution in [0.3, 0.4) is 0 Å². The van der Waals surface area contributed by atoms with E-state index in [1.165, 1.54) is 7.05 Å². The van der Waals surface area contributed by atoms with Crippen LogP contribution in [0.5, 0.6) is 0 Å². The molecule has 2 N–H and O–H groups in total. The molecule has 7 nitrogen and oxygen atoms in total. The summed E-state index contributed by atoms with van der Waals surface area (Å²) in [4.78, 5) is 34.5. The van der Waals surface area contributed by atoms with Crippen molar-refractivity contribution < 1.29 is 24.2 Å². The third-order valence-electron chi connectivity index (χ3n) is 2.26. The number of likely N-dealkylation sites (N-methyl/N-ethyl adjacent to an activating group) is 1. The molecule has 0 saturated carbocycles. The third-order valence-corrected chi connectivity index (χ3v) is 2.26. The van der Waals surface area contributed by atoms with Crippen molar-refractivity contribution in [2.45, 2.75) is 32.7 Å². The van der Waals surface area contributed by atoms with E-state index in [2.05, 4.69) is 5.32 Å². The van der Waals surface area contributed by atoms with E-state index in [-0.39, 0.29) is 19.6 Å². The topological polar surface area (TPSA) is 95.9 Å². The number of carbonyl (C=O) groups is 3. The molecule has 0 spiro atoms. The second-order valence-electron chi connectivity index (χ2n) is 3.81. The fourth-order valence-electron chi connectivity index (χ4n) is 1.27. The highest BCUT2D eigenvalue weighted by molar-refractivity contribution is 5.81. The molecule has 0 saturated heterocycles. The van der Waals surface area contributed by atoms with Crippen LogP contribution in [0.2, 0.25) is 0 Å². The lowest BCUT2D eigenvalue weighted by atomic mass is 10.1. The summed E-state index contributed by atoms with van der Waals surface area (Å²) in [6, 6.07) is -0.934. The van der Waals surface area contributed by atoms with E-state index in [9.17, 15) is 14.4 Å². The molecule has 0 aromatic rings. The molecular weight excluding hydrogens is 240 g/mol. The van der Waals surface area contributed by atoms with E-state index in [0.717, 1.165) is 4.90 Å². The fourth-order valence-corrected chi connectivity index (χ4v) is 1.27. The number of esters is 1. The van der Waals surface area contributed by atoms with Gasteiger partial charge in [0.15, 0.2) is 0 Å². The number of amides is 2. The van der Waals surface area contributed by atoms with E-state index in [4.69, 9.17) is 9.84 Å².